The second-order valence-electron chi connectivity index (χ2n) is 23.3. The number of carbonyl (C=O) groups is 7. The monoisotopic (exact) mass is 1180 g/mol. The Bertz CT molecular complexity index is 2510. The third kappa shape index (κ3) is 19.4. The van der Waals surface area contributed by atoms with Gasteiger partial charge in [0.1, 0.15) is 43.4 Å². The van der Waals surface area contributed by atoms with Gasteiger partial charge in [0.25, 0.3) is 23.5 Å². The summed E-state index contributed by atoms with van der Waals surface area (Å²) < 4.78 is 48.8. The molecule has 1 saturated carbocycles. The topological polar surface area (TPSA) is 308 Å². The van der Waals surface area contributed by atoms with Crippen molar-refractivity contribution in [3.8, 4) is 11.8 Å². The number of ether oxygens (including phenoxy) is 8. The van der Waals surface area contributed by atoms with Gasteiger partial charge in [-0.1, -0.05) is 81.4 Å². The van der Waals surface area contributed by atoms with E-state index in [9.17, 15) is 43.8 Å². The number of carboxylic acids is 2. The summed E-state index contributed by atoms with van der Waals surface area (Å²) in [6, 6.07) is -1.21. The zero-order valence-corrected chi connectivity index (χ0v) is 50.7. The minimum absolute atomic E-state index is 0.00581. The number of carbonyl (C=O) groups excluding carboxylic acids is 5. The van der Waals surface area contributed by atoms with E-state index in [0.717, 1.165) is 5.57 Å². The van der Waals surface area contributed by atoms with Crippen LogP contribution in [0, 0.1) is 35.5 Å². The number of ketones is 3. The van der Waals surface area contributed by atoms with Crippen molar-refractivity contribution in [3.63, 3.8) is 0 Å². The van der Waals surface area contributed by atoms with Crippen LogP contribution >= 0.6 is 0 Å². The van der Waals surface area contributed by atoms with Crippen molar-refractivity contribution in [3.05, 3.63) is 47.6 Å². The molecule has 4 heterocycles. The van der Waals surface area contributed by atoms with Crippen molar-refractivity contribution in [2.45, 2.75) is 199 Å². The highest BCUT2D eigenvalue weighted by atomic mass is 16.6. The maximum absolute atomic E-state index is 14.7. The molecule has 1 amide bonds. The minimum Gasteiger partial charge on any atom is -0.481 e. The van der Waals surface area contributed by atoms with E-state index in [-0.39, 0.29) is 112 Å². The number of hydrogen-bond donors (Lipinski definition) is 4. The van der Waals surface area contributed by atoms with Gasteiger partial charge in [0.2, 0.25) is 5.79 Å². The van der Waals surface area contributed by atoms with Crippen LogP contribution in [-0.4, -0.2) is 184 Å². The van der Waals surface area contributed by atoms with Gasteiger partial charge in [-0.2, -0.15) is 0 Å². The summed E-state index contributed by atoms with van der Waals surface area (Å²) in [6.07, 6.45) is 9.83. The predicted octanol–water partition coefficient (Wildman–Crippen LogP) is 6.20. The van der Waals surface area contributed by atoms with E-state index < -0.39 is 95.6 Å². The SMILES string of the molecule is CO[C@H]1C[C@@H]2CC[C@@H](C)[C@@](O)(O2)C(=O)C(=O)N2CCCC[C@H]2C(=O)O[C@H]([C@H](C)C[C@H]2CC[C@@H](OCCn3nnc(OCCC(=O)O)c3OCCC(=O)O)[C@H](OC)C2)CC(=O)[C@H](C)/C=C(\C)[C@@H](O)[C@@H](OC)C(=O)[C@H](C)C[C@H](C)/C=C/C=C/C=C/1C. The van der Waals surface area contributed by atoms with Crippen LogP contribution in [0.1, 0.15) is 138 Å². The molecule has 1 aromatic rings. The fourth-order valence-corrected chi connectivity index (χ4v) is 11.7. The highest BCUT2D eigenvalue weighted by Crippen LogP contribution is 2.38. The average Bonchev–Trinajstić information content (AvgIpc) is 1.84. The molecule has 15 atom stereocenters. The van der Waals surface area contributed by atoms with E-state index >= 15 is 0 Å². The largest absolute Gasteiger partial charge is 0.481 e. The molecule has 2 bridgehead atoms. The Morgan fingerprint density at radius 3 is 2.21 bits per heavy atom. The van der Waals surface area contributed by atoms with Gasteiger partial charge in [0.15, 0.2) is 5.78 Å². The zero-order valence-electron chi connectivity index (χ0n) is 50.7. The number of aliphatic carboxylic acids is 2. The van der Waals surface area contributed by atoms with E-state index in [1.54, 1.807) is 48.0 Å². The highest BCUT2D eigenvalue weighted by molar-refractivity contribution is 6.39. The van der Waals surface area contributed by atoms with Gasteiger partial charge >= 0.3 is 17.9 Å². The number of esters is 1. The third-order valence-electron chi connectivity index (χ3n) is 16.9. The molecule has 23 heteroatoms. The molecular weight excluding hydrogens is 1090 g/mol. The first-order valence-electron chi connectivity index (χ1n) is 29.7. The number of allylic oxidation sites excluding steroid dienone is 6. The molecule has 3 fully saturated rings. The fourth-order valence-electron chi connectivity index (χ4n) is 11.7. The number of methoxy groups -OCH3 is 3. The number of cyclic esters (lactones) is 1. The minimum atomic E-state index is -2.48. The molecule has 0 unspecified atom stereocenters. The molecule has 23 nitrogen and oxygen atoms in total. The number of carboxylic acid groups (broad SMARTS) is 2. The molecule has 470 valence electrons. The summed E-state index contributed by atoms with van der Waals surface area (Å²) in [4.78, 5) is 95.3. The first-order chi connectivity index (χ1) is 39.9. The Balaban J connectivity index is 1.39. The van der Waals surface area contributed by atoms with E-state index in [0.29, 0.717) is 63.4 Å². The number of aliphatic hydroxyl groups excluding tert-OH is 1. The maximum Gasteiger partial charge on any atom is 0.329 e. The normalized spacial score (nSPS) is 33.8. The number of rotatable bonds is 18. The molecule has 3 aliphatic heterocycles. The lowest BCUT2D eigenvalue weighted by Gasteiger charge is -2.42. The highest BCUT2D eigenvalue weighted by Gasteiger charge is 2.53. The van der Waals surface area contributed by atoms with Crippen molar-refractivity contribution in [1.82, 2.24) is 19.9 Å². The molecular formula is C61H92N4O19. The molecule has 0 aromatic carbocycles. The molecule has 4 N–H and O–H groups in total. The lowest BCUT2D eigenvalue weighted by atomic mass is 9.78. The Hall–Kier alpha value is -5.69. The number of piperidine rings is 1. The van der Waals surface area contributed by atoms with Crippen LogP contribution in [0.4, 0.5) is 0 Å². The van der Waals surface area contributed by atoms with Crippen LogP contribution in [0.25, 0.3) is 0 Å². The number of Topliss-reactive ketones (excluding diaryl/α,β-unsaturated/α-hetero) is 3. The number of aromatic nitrogens is 3. The average molecular weight is 1190 g/mol. The Morgan fingerprint density at radius 1 is 0.821 bits per heavy atom. The third-order valence-corrected chi connectivity index (χ3v) is 16.9. The number of aliphatic hydroxyl groups is 2. The lowest BCUT2D eigenvalue weighted by Crippen LogP contribution is -2.61. The fraction of sp³-hybridized carbons (Fsp3) is 0.721. The summed E-state index contributed by atoms with van der Waals surface area (Å²) in [5.41, 5.74) is 1.20. The summed E-state index contributed by atoms with van der Waals surface area (Å²) >= 11 is 0. The summed E-state index contributed by atoms with van der Waals surface area (Å²) in [6.45, 7) is 12.4. The van der Waals surface area contributed by atoms with E-state index in [4.69, 9.17) is 48.1 Å². The van der Waals surface area contributed by atoms with Crippen LogP contribution < -0.4 is 9.47 Å². The van der Waals surface area contributed by atoms with Crippen molar-refractivity contribution >= 4 is 41.2 Å². The number of amides is 1. The van der Waals surface area contributed by atoms with Gasteiger partial charge in [-0.25, -0.2) is 9.48 Å². The lowest BCUT2D eigenvalue weighted by molar-refractivity contribution is -0.265. The Morgan fingerprint density at radius 2 is 1.54 bits per heavy atom. The Labute approximate surface area is 493 Å². The smallest absolute Gasteiger partial charge is 0.329 e. The van der Waals surface area contributed by atoms with Crippen LogP contribution in [0.2, 0.25) is 0 Å². The standard InChI is InChI=1S/C61H92N4O19/c1-36-16-12-11-13-17-37(2)48(77-8)34-44-21-19-42(7)61(76,84-44)56(73)58(74)64-25-15-14-18-45(64)60(75)83-49(35-46(66)38(3)31-41(6)54(72)55(79-10)53(71)40(5)30-36)39(4)32-43-20-22-47(50(33-43)78-9)80-29-26-65-59(82-28-24-52(69)70)57(62-63-65)81-27-23-51(67)68/h11-13,16-17,31,36,38-40,42-45,47-50,54-55,72,76H,14-15,18-30,32-35H2,1-10H3,(H,67,68)(H,69,70)/b13-11+,16-12+,37-17+,41-31+/t36-,38-,39-,40-,42-,43-,44+,45+,47-,48+,49+,50-,54-,55+,61-/m1/s1. The van der Waals surface area contributed by atoms with Crippen molar-refractivity contribution in [2.75, 3.05) is 47.7 Å². The van der Waals surface area contributed by atoms with Gasteiger partial charge in [0, 0.05) is 58.5 Å². The molecule has 1 aliphatic carbocycles. The maximum atomic E-state index is 14.7. The van der Waals surface area contributed by atoms with Crippen LogP contribution in [0.5, 0.6) is 11.8 Å². The molecule has 84 heavy (non-hydrogen) atoms. The van der Waals surface area contributed by atoms with Gasteiger partial charge in [-0.05, 0) is 107 Å². The van der Waals surface area contributed by atoms with Gasteiger partial charge < -0.3 is 63.2 Å². The van der Waals surface area contributed by atoms with Gasteiger partial charge in [0.05, 0.1) is 50.4 Å². The molecule has 2 saturated heterocycles. The second kappa shape index (κ2) is 33.3. The van der Waals surface area contributed by atoms with E-state index in [2.05, 4.69) is 10.3 Å². The summed E-state index contributed by atoms with van der Waals surface area (Å²) in [5, 5.41) is 49.9. The molecule has 4 aliphatic rings. The van der Waals surface area contributed by atoms with Crippen molar-refractivity contribution in [2.24, 2.45) is 35.5 Å². The van der Waals surface area contributed by atoms with Crippen LogP contribution in [0.15, 0.2) is 47.6 Å². The van der Waals surface area contributed by atoms with Gasteiger partial charge in [-0.15, -0.1) is 0 Å². The Kier molecular flexibility index (Phi) is 27.4. The second-order valence-corrected chi connectivity index (χ2v) is 23.3. The number of nitrogens with zero attached hydrogens (tertiary/aromatic N) is 4. The van der Waals surface area contributed by atoms with Gasteiger partial charge in [-0.3, -0.25) is 28.8 Å². The number of fused-ring (bicyclic) bond motifs is 3. The van der Waals surface area contributed by atoms with Crippen molar-refractivity contribution in [1.29, 1.82) is 0 Å². The van der Waals surface area contributed by atoms with Crippen LogP contribution in [-0.2, 0) is 68.5 Å². The quantitative estimate of drug-likeness (QED) is 0.0722. The molecule has 1 aromatic heterocycles. The molecule has 0 spiro atoms. The van der Waals surface area contributed by atoms with Crippen molar-refractivity contribution < 1.29 is 91.9 Å². The first-order valence-corrected chi connectivity index (χ1v) is 29.7. The molecule has 5 rings (SSSR count). The predicted molar refractivity (Wildman–Crippen MR) is 304 cm³/mol. The zero-order chi connectivity index (χ0) is 61.8. The van der Waals surface area contributed by atoms with E-state index in [1.807, 2.05) is 51.2 Å². The van der Waals surface area contributed by atoms with Crippen LogP contribution in [0.3, 0.4) is 0 Å². The summed E-state index contributed by atoms with van der Waals surface area (Å²) in [5.74, 6) is -10.9. The first kappa shape index (κ1) is 69.1. The number of hydrogen-bond acceptors (Lipinski definition) is 19. The summed E-state index contributed by atoms with van der Waals surface area (Å²) in [7, 11) is 4.50. The van der Waals surface area contributed by atoms with E-state index in [1.165, 1.54) is 16.7 Å². The molecule has 0 radical (unpaired) electrons.